The second kappa shape index (κ2) is 10.7. The van der Waals surface area contributed by atoms with E-state index in [1.165, 1.54) is 5.56 Å². The van der Waals surface area contributed by atoms with Crippen LogP contribution in [0.4, 0.5) is 10.5 Å². The van der Waals surface area contributed by atoms with E-state index in [1.54, 1.807) is 37.3 Å². The van der Waals surface area contributed by atoms with Crippen LogP contribution >= 0.6 is 11.6 Å². The van der Waals surface area contributed by atoms with E-state index in [0.29, 0.717) is 41.8 Å². The van der Waals surface area contributed by atoms with E-state index in [9.17, 15) is 4.79 Å². The fourth-order valence-electron chi connectivity index (χ4n) is 4.21. The molecule has 178 valence electrons. The molecule has 1 N–H and O–H groups in total. The maximum absolute atomic E-state index is 13.3. The highest BCUT2D eigenvalue weighted by molar-refractivity contribution is 6.30. The summed E-state index contributed by atoms with van der Waals surface area (Å²) in [6.07, 6.45) is 1.66. The fraction of sp³-hybridized carbons (Fsp3) is 0.296. The molecule has 0 saturated heterocycles. The van der Waals surface area contributed by atoms with Crippen LogP contribution in [-0.2, 0) is 12.8 Å². The topological polar surface area (TPSA) is 60.0 Å². The lowest BCUT2D eigenvalue weighted by Gasteiger charge is -2.37. The minimum absolute atomic E-state index is 0.211. The van der Waals surface area contributed by atoms with Gasteiger partial charge in [-0.1, -0.05) is 36.7 Å². The van der Waals surface area contributed by atoms with Crippen molar-refractivity contribution in [1.82, 2.24) is 4.90 Å². The highest BCUT2D eigenvalue weighted by Crippen LogP contribution is 2.38. The summed E-state index contributed by atoms with van der Waals surface area (Å²) >= 11 is 6.10. The predicted molar refractivity (Wildman–Crippen MR) is 134 cm³/mol. The smallest absolute Gasteiger partial charge is 0.322 e. The molecule has 1 atom stereocenters. The summed E-state index contributed by atoms with van der Waals surface area (Å²) in [4.78, 5) is 15.1. The highest BCUT2D eigenvalue weighted by atomic mass is 35.5. The number of ether oxygens (including phenoxy) is 3. The Morgan fingerprint density at radius 2 is 1.79 bits per heavy atom. The zero-order chi connectivity index (χ0) is 24.1. The number of hydrogen-bond donors (Lipinski definition) is 1. The fourth-order valence-corrected chi connectivity index (χ4v) is 4.40. The Kier molecular flexibility index (Phi) is 7.48. The van der Waals surface area contributed by atoms with E-state index in [0.717, 1.165) is 23.3 Å². The number of carbonyl (C=O) groups excluding carboxylic acids is 1. The predicted octanol–water partition coefficient (Wildman–Crippen LogP) is 6.13. The Balaban J connectivity index is 1.63. The van der Waals surface area contributed by atoms with Gasteiger partial charge in [0.1, 0.15) is 12.4 Å². The lowest BCUT2D eigenvalue weighted by atomic mass is 9.92. The van der Waals surface area contributed by atoms with Gasteiger partial charge in [-0.05, 0) is 72.0 Å². The summed E-state index contributed by atoms with van der Waals surface area (Å²) in [6.45, 7) is 2.96. The average Bonchev–Trinajstić information content (AvgIpc) is 2.86. The van der Waals surface area contributed by atoms with Crippen molar-refractivity contribution < 1.29 is 19.0 Å². The molecule has 3 aromatic carbocycles. The standard InChI is InChI=1S/C27H29ClN2O4/c1-4-18-8-10-22(11-9-18)34-17-24-23-16-26(33-3)25(32-2)14-19(23)12-13-30(24)27(31)29-21-7-5-6-20(28)15-21/h5-11,14-16,24H,4,12-13,17H2,1-3H3,(H,29,31). The molecule has 0 bridgehead atoms. The molecule has 1 unspecified atom stereocenters. The van der Waals surface area contributed by atoms with Crippen molar-refractivity contribution in [3.8, 4) is 17.2 Å². The van der Waals surface area contributed by atoms with Crippen LogP contribution < -0.4 is 19.5 Å². The minimum Gasteiger partial charge on any atom is -0.493 e. The van der Waals surface area contributed by atoms with Gasteiger partial charge in [0.05, 0.1) is 20.3 Å². The summed E-state index contributed by atoms with van der Waals surface area (Å²) in [6, 6.07) is 18.6. The molecule has 0 spiro atoms. The number of amides is 2. The van der Waals surface area contributed by atoms with Gasteiger partial charge in [-0.2, -0.15) is 0 Å². The minimum atomic E-state index is -0.311. The van der Waals surface area contributed by atoms with Crippen molar-refractivity contribution in [3.63, 3.8) is 0 Å². The largest absolute Gasteiger partial charge is 0.493 e. The van der Waals surface area contributed by atoms with Crippen molar-refractivity contribution in [1.29, 1.82) is 0 Å². The number of fused-ring (bicyclic) bond motifs is 1. The van der Waals surface area contributed by atoms with Gasteiger partial charge in [-0.15, -0.1) is 0 Å². The van der Waals surface area contributed by atoms with Gasteiger partial charge in [0.2, 0.25) is 0 Å². The van der Waals surface area contributed by atoms with E-state index in [1.807, 2.05) is 30.3 Å². The maximum atomic E-state index is 13.3. The van der Waals surface area contributed by atoms with E-state index in [2.05, 4.69) is 24.4 Å². The number of methoxy groups -OCH3 is 2. The van der Waals surface area contributed by atoms with Gasteiger partial charge in [0.25, 0.3) is 0 Å². The van der Waals surface area contributed by atoms with Crippen LogP contribution in [0, 0.1) is 0 Å². The van der Waals surface area contributed by atoms with E-state index < -0.39 is 0 Å². The van der Waals surface area contributed by atoms with E-state index >= 15 is 0 Å². The number of carbonyl (C=O) groups is 1. The van der Waals surface area contributed by atoms with Crippen molar-refractivity contribution in [2.45, 2.75) is 25.8 Å². The monoisotopic (exact) mass is 480 g/mol. The summed E-state index contributed by atoms with van der Waals surface area (Å²) in [5, 5.41) is 3.53. The molecule has 0 aliphatic carbocycles. The van der Waals surface area contributed by atoms with Crippen molar-refractivity contribution in [3.05, 3.63) is 82.4 Å². The van der Waals surface area contributed by atoms with Gasteiger partial charge in [-0.25, -0.2) is 4.79 Å². The summed E-state index contributed by atoms with van der Waals surface area (Å²) in [5.41, 5.74) is 3.98. The average molecular weight is 481 g/mol. The third-order valence-electron chi connectivity index (χ3n) is 6.08. The molecule has 34 heavy (non-hydrogen) atoms. The van der Waals surface area contributed by atoms with E-state index in [4.69, 9.17) is 25.8 Å². The Labute approximate surface area is 205 Å². The number of nitrogens with one attached hydrogen (secondary N) is 1. The molecule has 0 saturated carbocycles. The lowest BCUT2D eigenvalue weighted by molar-refractivity contribution is 0.144. The Morgan fingerprint density at radius 3 is 2.47 bits per heavy atom. The summed E-state index contributed by atoms with van der Waals surface area (Å²) in [5.74, 6) is 2.06. The van der Waals surface area contributed by atoms with Gasteiger partial charge < -0.3 is 24.4 Å². The Bertz CT molecular complexity index is 1150. The highest BCUT2D eigenvalue weighted by Gasteiger charge is 2.33. The molecule has 1 aliphatic rings. The summed E-state index contributed by atoms with van der Waals surface area (Å²) in [7, 11) is 3.23. The zero-order valence-corrected chi connectivity index (χ0v) is 20.4. The van der Waals surface area contributed by atoms with Gasteiger partial charge in [0, 0.05) is 17.3 Å². The molecule has 4 rings (SSSR count). The third-order valence-corrected chi connectivity index (χ3v) is 6.31. The van der Waals surface area contributed by atoms with Crippen LogP contribution in [0.3, 0.4) is 0 Å². The SMILES string of the molecule is CCc1ccc(OCC2c3cc(OC)c(OC)cc3CCN2C(=O)Nc2cccc(Cl)c2)cc1. The summed E-state index contributed by atoms with van der Waals surface area (Å²) < 4.78 is 17.2. The molecule has 0 fully saturated rings. The van der Waals surface area contributed by atoms with Crippen LogP contribution in [0.1, 0.15) is 29.7 Å². The lowest BCUT2D eigenvalue weighted by Crippen LogP contribution is -2.44. The van der Waals surface area contributed by atoms with Crippen LogP contribution in [-0.4, -0.2) is 38.3 Å². The molecule has 1 heterocycles. The Morgan fingerprint density at radius 1 is 1.06 bits per heavy atom. The Hall–Kier alpha value is -3.38. The normalized spacial score (nSPS) is 14.8. The van der Waals surface area contributed by atoms with Crippen molar-refractivity contribution >= 4 is 23.3 Å². The van der Waals surface area contributed by atoms with Crippen LogP contribution in [0.25, 0.3) is 0 Å². The molecular formula is C27H29ClN2O4. The first kappa shape index (κ1) is 23.8. The number of anilines is 1. The molecule has 0 radical (unpaired) electrons. The van der Waals surface area contributed by atoms with Crippen LogP contribution in [0.5, 0.6) is 17.2 Å². The van der Waals surface area contributed by atoms with Crippen LogP contribution in [0.15, 0.2) is 60.7 Å². The number of hydrogen-bond acceptors (Lipinski definition) is 4. The van der Waals surface area contributed by atoms with Gasteiger partial charge >= 0.3 is 6.03 Å². The van der Waals surface area contributed by atoms with Gasteiger partial charge in [0.15, 0.2) is 11.5 Å². The van der Waals surface area contributed by atoms with Crippen molar-refractivity contribution in [2.24, 2.45) is 0 Å². The number of benzene rings is 3. The molecule has 0 aromatic heterocycles. The van der Waals surface area contributed by atoms with Crippen LogP contribution in [0.2, 0.25) is 5.02 Å². The number of nitrogens with zero attached hydrogens (tertiary/aromatic N) is 1. The number of urea groups is 1. The molecule has 3 aromatic rings. The molecule has 7 heteroatoms. The third kappa shape index (κ3) is 5.23. The second-order valence-corrected chi connectivity index (χ2v) is 8.55. The zero-order valence-electron chi connectivity index (χ0n) is 19.6. The second-order valence-electron chi connectivity index (χ2n) is 8.11. The van der Waals surface area contributed by atoms with E-state index in [-0.39, 0.29) is 12.1 Å². The molecule has 2 amide bonds. The molecule has 1 aliphatic heterocycles. The first-order valence-electron chi connectivity index (χ1n) is 11.3. The quantitative estimate of drug-likeness (QED) is 0.442. The molecular weight excluding hydrogens is 452 g/mol. The molecule has 6 nitrogen and oxygen atoms in total. The maximum Gasteiger partial charge on any atom is 0.322 e. The van der Waals surface area contributed by atoms with Crippen molar-refractivity contribution in [2.75, 3.05) is 32.7 Å². The number of halogens is 1. The number of aryl methyl sites for hydroxylation is 1. The first-order chi connectivity index (χ1) is 16.5. The first-order valence-corrected chi connectivity index (χ1v) is 11.7. The number of rotatable bonds is 7. The van der Waals surface area contributed by atoms with Gasteiger partial charge in [-0.3, -0.25) is 0 Å².